The Labute approximate surface area is 157 Å². The molecule has 0 saturated heterocycles. The molecule has 6 heteroatoms. The lowest BCUT2D eigenvalue weighted by molar-refractivity contribution is -0.141. The number of carboxylic acid groups (broad SMARTS) is 1. The molecule has 0 atom stereocenters. The topological polar surface area (TPSA) is 79.6 Å². The molecule has 1 aromatic carbocycles. The highest BCUT2D eigenvalue weighted by Crippen LogP contribution is 2.32. The standard InChI is InChI=1S/C21H22N2O4/c1-12(2)23-13(3)9-15(14(23)4)10-18-16-7-5-6-8-17(16)20(26)22(21(18)27)11-19(24)25/h5-10,12H,11H2,1-4H3,(H,24,25)/b18-10-. The van der Waals surface area contributed by atoms with E-state index in [1.807, 2.05) is 19.9 Å². The average molecular weight is 366 g/mol. The van der Waals surface area contributed by atoms with E-state index in [1.54, 1.807) is 30.3 Å². The number of amides is 2. The Kier molecular flexibility index (Phi) is 4.74. The van der Waals surface area contributed by atoms with Crippen molar-refractivity contribution >= 4 is 29.4 Å². The summed E-state index contributed by atoms with van der Waals surface area (Å²) in [5.41, 5.74) is 4.16. The first-order valence-electron chi connectivity index (χ1n) is 8.80. The number of hydrogen-bond donors (Lipinski definition) is 1. The van der Waals surface area contributed by atoms with Crippen molar-refractivity contribution in [3.8, 4) is 0 Å². The van der Waals surface area contributed by atoms with Gasteiger partial charge in [-0.25, -0.2) is 0 Å². The largest absolute Gasteiger partial charge is 0.480 e. The van der Waals surface area contributed by atoms with Gasteiger partial charge < -0.3 is 9.67 Å². The summed E-state index contributed by atoms with van der Waals surface area (Å²) in [7, 11) is 0. The summed E-state index contributed by atoms with van der Waals surface area (Å²) in [4.78, 5) is 37.5. The highest BCUT2D eigenvalue weighted by atomic mass is 16.4. The van der Waals surface area contributed by atoms with E-state index in [1.165, 1.54) is 0 Å². The Hall–Kier alpha value is -3.15. The van der Waals surface area contributed by atoms with E-state index >= 15 is 0 Å². The van der Waals surface area contributed by atoms with Gasteiger partial charge in [0.05, 0.1) is 0 Å². The number of hydrogen-bond acceptors (Lipinski definition) is 3. The second-order valence-corrected chi connectivity index (χ2v) is 6.98. The molecule has 140 valence electrons. The zero-order valence-electron chi connectivity index (χ0n) is 15.8. The Morgan fingerprint density at radius 3 is 2.30 bits per heavy atom. The van der Waals surface area contributed by atoms with Crippen LogP contribution in [-0.4, -0.2) is 38.9 Å². The number of rotatable bonds is 4. The van der Waals surface area contributed by atoms with Gasteiger partial charge in [0.25, 0.3) is 11.8 Å². The first-order valence-corrected chi connectivity index (χ1v) is 8.80. The van der Waals surface area contributed by atoms with Gasteiger partial charge in [-0.3, -0.25) is 19.3 Å². The lowest BCUT2D eigenvalue weighted by Gasteiger charge is -2.27. The molecule has 3 rings (SSSR count). The van der Waals surface area contributed by atoms with Gasteiger partial charge in [-0.15, -0.1) is 0 Å². The van der Waals surface area contributed by atoms with E-state index in [4.69, 9.17) is 5.11 Å². The van der Waals surface area contributed by atoms with Crippen LogP contribution in [0.15, 0.2) is 30.3 Å². The normalized spacial score (nSPS) is 15.6. The zero-order valence-corrected chi connectivity index (χ0v) is 15.8. The third-order valence-electron chi connectivity index (χ3n) is 4.80. The molecule has 0 aliphatic carbocycles. The second-order valence-electron chi connectivity index (χ2n) is 6.98. The predicted molar refractivity (Wildman–Crippen MR) is 102 cm³/mol. The number of carbonyl (C=O) groups excluding carboxylic acids is 2. The Bertz CT molecular complexity index is 982. The quantitative estimate of drug-likeness (QED) is 0.665. The van der Waals surface area contributed by atoms with E-state index in [0.717, 1.165) is 21.9 Å². The van der Waals surface area contributed by atoms with E-state index in [0.29, 0.717) is 16.7 Å². The molecule has 0 radical (unpaired) electrons. The number of benzene rings is 1. The summed E-state index contributed by atoms with van der Waals surface area (Å²) >= 11 is 0. The van der Waals surface area contributed by atoms with Gasteiger partial charge in [0.1, 0.15) is 6.54 Å². The summed E-state index contributed by atoms with van der Waals surface area (Å²) in [6.45, 7) is 7.51. The number of carboxylic acids is 1. The minimum atomic E-state index is -1.23. The van der Waals surface area contributed by atoms with E-state index in [9.17, 15) is 14.4 Å². The maximum absolute atomic E-state index is 12.9. The van der Waals surface area contributed by atoms with Crippen molar-refractivity contribution in [2.75, 3.05) is 6.54 Å². The number of fused-ring (bicyclic) bond motifs is 1. The zero-order chi connectivity index (χ0) is 19.9. The number of imide groups is 1. The Morgan fingerprint density at radius 2 is 1.74 bits per heavy atom. The molecule has 2 amide bonds. The van der Waals surface area contributed by atoms with Gasteiger partial charge >= 0.3 is 5.97 Å². The molecular formula is C21H22N2O4. The van der Waals surface area contributed by atoms with Crippen LogP contribution in [0, 0.1) is 13.8 Å². The fraction of sp³-hybridized carbons (Fsp3) is 0.286. The molecule has 1 aliphatic heterocycles. The summed E-state index contributed by atoms with van der Waals surface area (Å²) < 4.78 is 2.17. The van der Waals surface area contributed by atoms with E-state index < -0.39 is 24.3 Å². The highest BCUT2D eigenvalue weighted by Gasteiger charge is 2.35. The van der Waals surface area contributed by atoms with Crippen LogP contribution in [0.5, 0.6) is 0 Å². The Balaban J connectivity index is 2.19. The van der Waals surface area contributed by atoms with Crippen LogP contribution in [0.1, 0.15) is 52.8 Å². The number of nitrogens with zero attached hydrogens (tertiary/aromatic N) is 2. The van der Waals surface area contributed by atoms with E-state index in [2.05, 4.69) is 18.4 Å². The maximum Gasteiger partial charge on any atom is 0.323 e. The lowest BCUT2D eigenvalue weighted by atomic mass is 9.92. The SMILES string of the molecule is Cc1cc(/C=C2\C(=O)N(CC(=O)O)C(=O)c3ccccc32)c(C)n1C(C)C. The van der Waals surface area contributed by atoms with Crippen molar-refractivity contribution < 1.29 is 19.5 Å². The van der Waals surface area contributed by atoms with Crippen molar-refractivity contribution in [2.24, 2.45) is 0 Å². The van der Waals surface area contributed by atoms with Crippen molar-refractivity contribution in [3.05, 3.63) is 58.4 Å². The van der Waals surface area contributed by atoms with Gasteiger partial charge in [0.2, 0.25) is 0 Å². The minimum absolute atomic E-state index is 0.275. The number of aryl methyl sites for hydroxylation is 1. The molecule has 0 unspecified atom stereocenters. The summed E-state index contributed by atoms with van der Waals surface area (Å²) in [5, 5.41) is 9.10. The predicted octanol–water partition coefficient (Wildman–Crippen LogP) is 3.29. The molecule has 2 heterocycles. The molecule has 27 heavy (non-hydrogen) atoms. The average Bonchev–Trinajstić information content (AvgIpc) is 2.88. The van der Waals surface area contributed by atoms with Gasteiger partial charge in [-0.1, -0.05) is 18.2 Å². The first kappa shape index (κ1) is 18.6. The van der Waals surface area contributed by atoms with Crippen molar-refractivity contribution in [3.63, 3.8) is 0 Å². The molecule has 1 N–H and O–H groups in total. The Morgan fingerprint density at radius 1 is 1.11 bits per heavy atom. The molecule has 0 fully saturated rings. The maximum atomic E-state index is 12.9. The number of carbonyl (C=O) groups is 3. The van der Waals surface area contributed by atoms with Crippen molar-refractivity contribution in [1.29, 1.82) is 0 Å². The third-order valence-corrected chi connectivity index (χ3v) is 4.80. The molecule has 1 aromatic heterocycles. The molecule has 6 nitrogen and oxygen atoms in total. The molecule has 0 saturated carbocycles. The van der Waals surface area contributed by atoms with Gasteiger partial charge in [-0.2, -0.15) is 0 Å². The fourth-order valence-corrected chi connectivity index (χ4v) is 3.72. The monoisotopic (exact) mass is 366 g/mol. The van der Waals surface area contributed by atoms with Crippen LogP contribution >= 0.6 is 0 Å². The summed E-state index contributed by atoms with van der Waals surface area (Å²) in [6, 6.07) is 9.07. The van der Waals surface area contributed by atoms with Gasteiger partial charge in [0.15, 0.2) is 0 Å². The smallest absolute Gasteiger partial charge is 0.323 e. The third kappa shape index (κ3) is 3.18. The minimum Gasteiger partial charge on any atom is -0.480 e. The van der Waals surface area contributed by atoms with Crippen LogP contribution in [0.3, 0.4) is 0 Å². The number of aliphatic carboxylic acids is 1. The van der Waals surface area contributed by atoms with Crippen LogP contribution in [0.25, 0.3) is 11.6 Å². The molecule has 2 aromatic rings. The van der Waals surface area contributed by atoms with Crippen LogP contribution in [-0.2, 0) is 9.59 Å². The molecule has 0 spiro atoms. The van der Waals surface area contributed by atoms with Crippen LogP contribution in [0.2, 0.25) is 0 Å². The first-order chi connectivity index (χ1) is 12.7. The molecule has 0 bridgehead atoms. The molecular weight excluding hydrogens is 344 g/mol. The fourth-order valence-electron chi connectivity index (χ4n) is 3.72. The van der Waals surface area contributed by atoms with E-state index in [-0.39, 0.29) is 6.04 Å². The summed E-state index contributed by atoms with van der Waals surface area (Å²) in [5.74, 6) is -2.40. The lowest BCUT2D eigenvalue weighted by Crippen LogP contribution is -2.44. The number of aromatic nitrogens is 1. The van der Waals surface area contributed by atoms with Gasteiger partial charge in [-0.05, 0) is 57.0 Å². The molecule has 1 aliphatic rings. The second kappa shape index (κ2) is 6.87. The van der Waals surface area contributed by atoms with Gasteiger partial charge in [0, 0.05) is 28.6 Å². The summed E-state index contributed by atoms with van der Waals surface area (Å²) in [6.07, 6.45) is 1.75. The van der Waals surface area contributed by atoms with Crippen molar-refractivity contribution in [1.82, 2.24) is 9.47 Å². The van der Waals surface area contributed by atoms with Crippen LogP contribution < -0.4 is 0 Å². The van der Waals surface area contributed by atoms with Crippen LogP contribution in [0.4, 0.5) is 0 Å². The van der Waals surface area contributed by atoms with Crippen molar-refractivity contribution in [2.45, 2.75) is 33.7 Å². The highest BCUT2D eigenvalue weighted by molar-refractivity contribution is 6.34.